The highest BCUT2D eigenvalue weighted by Gasteiger charge is 2.22. The van der Waals surface area contributed by atoms with Crippen molar-refractivity contribution in [2.24, 2.45) is 0 Å². The zero-order chi connectivity index (χ0) is 13.3. The van der Waals surface area contributed by atoms with E-state index < -0.39 is 8.24 Å². The van der Waals surface area contributed by atoms with Crippen LogP contribution in [0, 0.1) is 0 Å². The molecule has 0 saturated heterocycles. The summed E-state index contributed by atoms with van der Waals surface area (Å²) in [6.45, 7) is 9.48. The molecule has 0 spiro atoms. The Morgan fingerprint density at radius 2 is 1.94 bits per heavy atom. The summed E-state index contributed by atoms with van der Waals surface area (Å²) in [5, 5.41) is 0. The third-order valence-corrected chi connectivity index (χ3v) is 4.33. The fourth-order valence-electron chi connectivity index (χ4n) is 1.35. The zero-order valence-electron chi connectivity index (χ0n) is 11.4. The summed E-state index contributed by atoms with van der Waals surface area (Å²) in [7, 11) is -1.59. The van der Waals surface area contributed by atoms with Crippen molar-refractivity contribution in [1.29, 1.82) is 0 Å². The van der Waals surface area contributed by atoms with Crippen LogP contribution in [0.25, 0.3) is 0 Å². The highest BCUT2D eigenvalue weighted by atomic mass is 28.3. The first-order valence-electron chi connectivity index (χ1n) is 6.23. The SMILES string of the molecule is CCCOC(=O)CCCCN([C]=O)[Si](C)(C)C. The van der Waals surface area contributed by atoms with Gasteiger partial charge in [0.15, 0.2) is 8.24 Å². The molecule has 5 heteroatoms. The van der Waals surface area contributed by atoms with Gasteiger partial charge in [-0.1, -0.05) is 26.6 Å². The number of carbonyl (C=O) groups is 1. The second kappa shape index (κ2) is 8.28. The van der Waals surface area contributed by atoms with Gasteiger partial charge in [-0.05, 0) is 19.3 Å². The highest BCUT2D eigenvalue weighted by Crippen LogP contribution is 2.09. The summed E-state index contributed by atoms with van der Waals surface area (Å²) < 4.78 is 6.74. The molecule has 0 aliphatic carbocycles. The van der Waals surface area contributed by atoms with Crippen molar-refractivity contribution in [3.63, 3.8) is 0 Å². The Morgan fingerprint density at radius 1 is 1.29 bits per heavy atom. The van der Waals surface area contributed by atoms with Gasteiger partial charge in [-0.3, -0.25) is 9.59 Å². The lowest BCUT2D eigenvalue weighted by molar-refractivity contribution is -0.143. The van der Waals surface area contributed by atoms with Crippen LogP contribution in [0.15, 0.2) is 0 Å². The van der Waals surface area contributed by atoms with Crippen molar-refractivity contribution in [2.75, 3.05) is 13.2 Å². The molecule has 99 valence electrons. The molecule has 0 heterocycles. The largest absolute Gasteiger partial charge is 0.466 e. The van der Waals surface area contributed by atoms with E-state index in [2.05, 4.69) is 19.6 Å². The number of esters is 1. The number of nitrogens with zero attached hydrogens (tertiary/aromatic N) is 1. The van der Waals surface area contributed by atoms with Crippen LogP contribution in [-0.4, -0.2) is 38.3 Å². The molecule has 17 heavy (non-hydrogen) atoms. The molecule has 0 unspecified atom stereocenters. The smallest absolute Gasteiger partial charge is 0.305 e. The normalized spacial score (nSPS) is 11.1. The van der Waals surface area contributed by atoms with Gasteiger partial charge in [0.25, 0.3) is 0 Å². The number of carbonyl (C=O) groups excluding carboxylic acids is 2. The van der Waals surface area contributed by atoms with Crippen LogP contribution in [0.2, 0.25) is 19.6 Å². The fraction of sp³-hybridized carbons (Fsp3) is 0.833. The van der Waals surface area contributed by atoms with Gasteiger partial charge in [0.1, 0.15) is 0 Å². The Hall–Kier alpha value is -0.843. The molecule has 4 nitrogen and oxygen atoms in total. The number of unbranched alkanes of at least 4 members (excludes halogenated alkanes) is 1. The number of hydrogen-bond acceptors (Lipinski definition) is 3. The van der Waals surface area contributed by atoms with Crippen LogP contribution >= 0.6 is 0 Å². The molecule has 0 saturated carbocycles. The summed E-state index contributed by atoms with van der Waals surface area (Å²) >= 11 is 0. The molecule has 0 aromatic rings. The maximum atomic E-state index is 11.2. The first-order chi connectivity index (χ1) is 7.91. The lowest BCUT2D eigenvalue weighted by atomic mass is 10.2. The molecular formula is C12H24NO3Si. The maximum absolute atomic E-state index is 11.2. The van der Waals surface area contributed by atoms with Crippen LogP contribution in [-0.2, 0) is 14.3 Å². The predicted molar refractivity (Wildman–Crippen MR) is 70.8 cm³/mol. The van der Waals surface area contributed by atoms with Gasteiger partial charge in [-0.15, -0.1) is 0 Å². The minimum absolute atomic E-state index is 0.138. The third-order valence-electron chi connectivity index (χ3n) is 2.40. The minimum atomic E-state index is -1.59. The lowest BCUT2D eigenvalue weighted by Gasteiger charge is -2.29. The van der Waals surface area contributed by atoms with Gasteiger partial charge >= 0.3 is 12.4 Å². The van der Waals surface area contributed by atoms with E-state index in [1.54, 1.807) is 4.57 Å². The molecule has 0 bridgehead atoms. The summed E-state index contributed by atoms with van der Waals surface area (Å²) in [6, 6.07) is 0. The fourth-order valence-corrected chi connectivity index (χ4v) is 2.45. The first-order valence-corrected chi connectivity index (χ1v) is 9.67. The van der Waals surface area contributed by atoms with E-state index in [9.17, 15) is 9.59 Å². The van der Waals surface area contributed by atoms with Gasteiger partial charge in [0.05, 0.1) is 6.61 Å². The topological polar surface area (TPSA) is 46.6 Å². The molecule has 0 aromatic carbocycles. The Bertz CT molecular complexity index is 238. The zero-order valence-corrected chi connectivity index (χ0v) is 12.4. The predicted octanol–water partition coefficient (Wildman–Crippen LogP) is 2.31. The van der Waals surface area contributed by atoms with Crippen molar-refractivity contribution >= 4 is 20.6 Å². The molecule has 0 rings (SSSR count). The second-order valence-corrected chi connectivity index (χ2v) is 9.97. The van der Waals surface area contributed by atoms with Crippen molar-refractivity contribution < 1.29 is 14.3 Å². The van der Waals surface area contributed by atoms with Crippen molar-refractivity contribution in [3.05, 3.63) is 0 Å². The molecule has 0 aliphatic rings. The van der Waals surface area contributed by atoms with Crippen LogP contribution < -0.4 is 0 Å². The highest BCUT2D eigenvalue weighted by molar-refractivity contribution is 6.74. The number of ether oxygens (including phenoxy) is 1. The van der Waals surface area contributed by atoms with E-state index in [0.717, 1.165) is 19.3 Å². The van der Waals surface area contributed by atoms with E-state index in [0.29, 0.717) is 19.6 Å². The van der Waals surface area contributed by atoms with Crippen molar-refractivity contribution in [2.45, 2.75) is 52.2 Å². The maximum Gasteiger partial charge on any atom is 0.305 e. The molecule has 1 amide bonds. The third kappa shape index (κ3) is 7.96. The van der Waals surface area contributed by atoms with Crippen LogP contribution in [0.4, 0.5) is 0 Å². The monoisotopic (exact) mass is 258 g/mol. The lowest BCUT2D eigenvalue weighted by Crippen LogP contribution is -2.45. The van der Waals surface area contributed by atoms with Gasteiger partial charge in [0, 0.05) is 13.0 Å². The molecule has 0 fully saturated rings. The molecule has 0 aliphatic heterocycles. The molecule has 0 aromatic heterocycles. The number of rotatable bonds is 9. The average Bonchev–Trinajstić information content (AvgIpc) is 2.24. The molecular weight excluding hydrogens is 234 g/mol. The number of amides is 1. The van der Waals surface area contributed by atoms with E-state index in [1.165, 1.54) is 0 Å². The molecule has 0 atom stereocenters. The van der Waals surface area contributed by atoms with E-state index in [1.807, 2.05) is 13.3 Å². The summed E-state index contributed by atoms with van der Waals surface area (Å²) in [6.07, 6.45) is 4.90. The second-order valence-electron chi connectivity index (χ2n) is 5.09. The van der Waals surface area contributed by atoms with Crippen LogP contribution in [0.1, 0.15) is 32.6 Å². The van der Waals surface area contributed by atoms with Crippen LogP contribution in [0.5, 0.6) is 0 Å². The van der Waals surface area contributed by atoms with Crippen molar-refractivity contribution in [3.8, 4) is 0 Å². The molecule has 1 radical (unpaired) electrons. The van der Waals surface area contributed by atoms with E-state index in [-0.39, 0.29) is 5.97 Å². The molecule has 0 N–H and O–H groups in total. The quantitative estimate of drug-likeness (QED) is 0.276. The van der Waals surface area contributed by atoms with Gasteiger partial charge in [0.2, 0.25) is 0 Å². The van der Waals surface area contributed by atoms with Crippen LogP contribution in [0.3, 0.4) is 0 Å². The Labute approximate surface area is 105 Å². The summed E-state index contributed by atoms with van der Waals surface area (Å²) in [5.41, 5.74) is 0. The first kappa shape index (κ1) is 16.2. The van der Waals surface area contributed by atoms with E-state index in [4.69, 9.17) is 4.74 Å². The Kier molecular flexibility index (Phi) is 7.87. The summed E-state index contributed by atoms with van der Waals surface area (Å²) in [4.78, 5) is 22.0. The standard InChI is InChI=1S/C12H24NO3Si/c1-5-10-16-12(15)8-6-7-9-13(11-14)17(2,3)4/h5-10H2,1-4H3. The van der Waals surface area contributed by atoms with Gasteiger partial charge < -0.3 is 9.30 Å². The minimum Gasteiger partial charge on any atom is -0.466 e. The van der Waals surface area contributed by atoms with E-state index >= 15 is 0 Å². The van der Waals surface area contributed by atoms with Crippen molar-refractivity contribution in [1.82, 2.24) is 4.57 Å². The Balaban J connectivity index is 3.69. The van der Waals surface area contributed by atoms with Gasteiger partial charge in [-0.2, -0.15) is 0 Å². The number of hydrogen-bond donors (Lipinski definition) is 0. The summed E-state index contributed by atoms with van der Waals surface area (Å²) in [5.74, 6) is -0.138. The Morgan fingerprint density at radius 3 is 2.41 bits per heavy atom. The van der Waals surface area contributed by atoms with Gasteiger partial charge in [-0.25, -0.2) is 0 Å². The average molecular weight is 258 g/mol.